The van der Waals surface area contributed by atoms with Crippen molar-refractivity contribution in [2.45, 2.75) is 20.8 Å². The molecule has 0 aliphatic carbocycles. The Morgan fingerprint density at radius 1 is 1.21 bits per heavy atom. The number of carbonyl (C=O) groups is 1. The first-order chi connectivity index (χ1) is 9.17. The van der Waals surface area contributed by atoms with Gasteiger partial charge in [-0.3, -0.25) is 4.79 Å². The number of hydrogen-bond donors (Lipinski definition) is 0. The van der Waals surface area contributed by atoms with Crippen LogP contribution in [-0.4, -0.2) is 28.9 Å². The van der Waals surface area contributed by atoms with E-state index in [4.69, 9.17) is 0 Å². The van der Waals surface area contributed by atoms with Gasteiger partial charge in [0.25, 0.3) is 5.91 Å². The summed E-state index contributed by atoms with van der Waals surface area (Å²) in [6.45, 7) is 7.34. The van der Waals surface area contributed by atoms with Crippen LogP contribution in [0.1, 0.15) is 29.3 Å². The molecular weight excluding hydrogens is 256 g/mol. The van der Waals surface area contributed by atoms with E-state index in [9.17, 15) is 4.79 Å². The van der Waals surface area contributed by atoms with Gasteiger partial charge in [-0.2, -0.15) is 0 Å². The normalized spacial score (nSPS) is 10.5. The van der Waals surface area contributed by atoms with E-state index >= 15 is 0 Å². The van der Waals surface area contributed by atoms with Gasteiger partial charge < -0.3 is 4.90 Å². The average molecular weight is 274 g/mol. The van der Waals surface area contributed by atoms with Gasteiger partial charge in [-0.25, -0.2) is 4.98 Å². The number of aromatic nitrogens is 1. The molecule has 2 rings (SSSR count). The number of amides is 1. The Hall–Kier alpha value is -1.68. The zero-order chi connectivity index (χ0) is 13.8. The highest BCUT2D eigenvalue weighted by atomic mass is 32.1. The lowest BCUT2D eigenvalue weighted by Crippen LogP contribution is -2.31. The number of thiazole rings is 1. The van der Waals surface area contributed by atoms with E-state index in [0.717, 1.165) is 15.4 Å². The summed E-state index contributed by atoms with van der Waals surface area (Å²) >= 11 is 1.58. The van der Waals surface area contributed by atoms with Crippen LogP contribution in [-0.2, 0) is 0 Å². The minimum absolute atomic E-state index is 0.0215. The third-order valence-corrected chi connectivity index (χ3v) is 4.04. The van der Waals surface area contributed by atoms with Crippen molar-refractivity contribution in [1.82, 2.24) is 9.88 Å². The third-order valence-electron chi connectivity index (χ3n) is 3.02. The minimum Gasteiger partial charge on any atom is -0.338 e. The van der Waals surface area contributed by atoms with Gasteiger partial charge in [0.2, 0.25) is 0 Å². The van der Waals surface area contributed by atoms with Gasteiger partial charge >= 0.3 is 0 Å². The van der Waals surface area contributed by atoms with E-state index in [0.29, 0.717) is 18.8 Å². The first-order valence-corrected chi connectivity index (χ1v) is 7.31. The second-order valence-electron chi connectivity index (χ2n) is 4.25. The standard InChI is InChI=1S/C15H18N2OS/c1-4-17(5-2)15(18)13-14(19-11(3)16-13)12-9-7-6-8-10-12/h6-10H,4-5H2,1-3H3. The van der Waals surface area contributed by atoms with Crippen LogP contribution in [0, 0.1) is 6.92 Å². The minimum atomic E-state index is 0.0215. The van der Waals surface area contributed by atoms with Crippen molar-refractivity contribution in [3.8, 4) is 10.4 Å². The molecule has 0 saturated heterocycles. The van der Waals surface area contributed by atoms with E-state index < -0.39 is 0 Å². The van der Waals surface area contributed by atoms with Crippen LogP contribution in [0.3, 0.4) is 0 Å². The molecule has 0 fully saturated rings. The predicted octanol–water partition coefficient (Wildman–Crippen LogP) is 3.60. The van der Waals surface area contributed by atoms with E-state index in [-0.39, 0.29) is 5.91 Å². The highest BCUT2D eigenvalue weighted by Gasteiger charge is 2.21. The fraction of sp³-hybridized carbons (Fsp3) is 0.333. The molecule has 0 spiro atoms. The molecule has 19 heavy (non-hydrogen) atoms. The van der Waals surface area contributed by atoms with E-state index in [1.807, 2.05) is 51.1 Å². The number of benzene rings is 1. The second-order valence-corrected chi connectivity index (χ2v) is 5.46. The Balaban J connectivity index is 2.45. The largest absolute Gasteiger partial charge is 0.338 e. The summed E-state index contributed by atoms with van der Waals surface area (Å²) in [4.78, 5) is 19.7. The van der Waals surface area contributed by atoms with Crippen molar-refractivity contribution >= 4 is 17.2 Å². The maximum Gasteiger partial charge on any atom is 0.273 e. The molecule has 3 nitrogen and oxygen atoms in total. The lowest BCUT2D eigenvalue weighted by molar-refractivity contribution is 0.0768. The molecule has 1 amide bonds. The monoisotopic (exact) mass is 274 g/mol. The summed E-state index contributed by atoms with van der Waals surface area (Å²) in [7, 11) is 0. The zero-order valence-corrected chi connectivity index (χ0v) is 12.3. The van der Waals surface area contributed by atoms with Crippen molar-refractivity contribution < 1.29 is 4.79 Å². The van der Waals surface area contributed by atoms with Gasteiger partial charge in [0, 0.05) is 13.1 Å². The first kappa shape index (κ1) is 13.7. The zero-order valence-electron chi connectivity index (χ0n) is 11.5. The fourth-order valence-electron chi connectivity index (χ4n) is 2.02. The topological polar surface area (TPSA) is 33.2 Å². The SMILES string of the molecule is CCN(CC)C(=O)c1nc(C)sc1-c1ccccc1. The highest BCUT2D eigenvalue weighted by molar-refractivity contribution is 7.15. The molecule has 0 unspecified atom stereocenters. The number of nitrogens with zero attached hydrogens (tertiary/aromatic N) is 2. The van der Waals surface area contributed by atoms with E-state index in [1.54, 1.807) is 16.2 Å². The van der Waals surface area contributed by atoms with Gasteiger partial charge in [0.05, 0.1) is 9.88 Å². The molecule has 0 atom stereocenters. The van der Waals surface area contributed by atoms with E-state index in [1.165, 1.54) is 0 Å². The summed E-state index contributed by atoms with van der Waals surface area (Å²) in [5.74, 6) is 0.0215. The van der Waals surface area contributed by atoms with Crippen molar-refractivity contribution in [3.05, 3.63) is 41.0 Å². The molecular formula is C15H18N2OS. The molecule has 0 saturated carbocycles. The Bertz CT molecular complexity index is 559. The Kier molecular flexibility index (Phi) is 4.32. The van der Waals surface area contributed by atoms with Gasteiger partial charge in [-0.15, -0.1) is 11.3 Å². The van der Waals surface area contributed by atoms with Gasteiger partial charge in [-0.1, -0.05) is 30.3 Å². The smallest absolute Gasteiger partial charge is 0.273 e. The number of aryl methyl sites for hydroxylation is 1. The van der Waals surface area contributed by atoms with Crippen molar-refractivity contribution in [2.24, 2.45) is 0 Å². The Morgan fingerprint density at radius 2 is 1.84 bits per heavy atom. The number of carbonyl (C=O) groups excluding carboxylic acids is 1. The molecule has 0 radical (unpaired) electrons. The lowest BCUT2D eigenvalue weighted by atomic mass is 10.1. The van der Waals surface area contributed by atoms with Gasteiger partial charge in [0.1, 0.15) is 5.69 Å². The highest BCUT2D eigenvalue weighted by Crippen LogP contribution is 2.30. The maximum absolute atomic E-state index is 12.5. The van der Waals surface area contributed by atoms with Crippen LogP contribution in [0.2, 0.25) is 0 Å². The molecule has 0 bridgehead atoms. The summed E-state index contributed by atoms with van der Waals surface area (Å²) in [5, 5.41) is 0.925. The molecule has 4 heteroatoms. The molecule has 100 valence electrons. The molecule has 1 heterocycles. The molecule has 0 N–H and O–H groups in total. The van der Waals surface area contributed by atoms with Crippen molar-refractivity contribution in [1.29, 1.82) is 0 Å². The van der Waals surface area contributed by atoms with Crippen LogP contribution in [0.4, 0.5) is 0 Å². The summed E-state index contributed by atoms with van der Waals surface area (Å²) in [5.41, 5.74) is 1.64. The third kappa shape index (κ3) is 2.84. The summed E-state index contributed by atoms with van der Waals surface area (Å²) < 4.78 is 0. The Morgan fingerprint density at radius 3 is 2.42 bits per heavy atom. The number of hydrogen-bond acceptors (Lipinski definition) is 3. The van der Waals surface area contributed by atoms with Gasteiger partial charge in [-0.05, 0) is 26.3 Å². The van der Waals surface area contributed by atoms with Gasteiger partial charge in [0.15, 0.2) is 0 Å². The number of rotatable bonds is 4. The fourth-order valence-corrected chi connectivity index (χ4v) is 2.93. The first-order valence-electron chi connectivity index (χ1n) is 6.49. The van der Waals surface area contributed by atoms with Crippen LogP contribution < -0.4 is 0 Å². The van der Waals surface area contributed by atoms with Crippen molar-refractivity contribution in [2.75, 3.05) is 13.1 Å². The molecule has 1 aromatic carbocycles. The quantitative estimate of drug-likeness (QED) is 0.853. The predicted molar refractivity (Wildman–Crippen MR) is 79.5 cm³/mol. The van der Waals surface area contributed by atoms with Crippen molar-refractivity contribution in [3.63, 3.8) is 0 Å². The maximum atomic E-state index is 12.5. The average Bonchev–Trinajstić information content (AvgIpc) is 2.83. The molecule has 0 aliphatic rings. The van der Waals surface area contributed by atoms with Crippen LogP contribution in [0.25, 0.3) is 10.4 Å². The van der Waals surface area contributed by atoms with Crippen LogP contribution in [0.5, 0.6) is 0 Å². The molecule has 0 aliphatic heterocycles. The van der Waals surface area contributed by atoms with Crippen LogP contribution >= 0.6 is 11.3 Å². The molecule has 2 aromatic rings. The summed E-state index contributed by atoms with van der Waals surface area (Å²) in [6.07, 6.45) is 0. The summed E-state index contributed by atoms with van der Waals surface area (Å²) in [6, 6.07) is 9.98. The van der Waals surface area contributed by atoms with E-state index in [2.05, 4.69) is 4.98 Å². The Labute approximate surface area is 117 Å². The van der Waals surface area contributed by atoms with Crippen LogP contribution in [0.15, 0.2) is 30.3 Å². The lowest BCUT2D eigenvalue weighted by Gasteiger charge is -2.17. The second kappa shape index (κ2) is 5.97. The molecule has 1 aromatic heterocycles.